The number of hydrogen-bond donors (Lipinski definition) is 1. The van der Waals surface area contributed by atoms with Crippen molar-refractivity contribution in [1.29, 1.82) is 5.41 Å². The summed E-state index contributed by atoms with van der Waals surface area (Å²) in [6, 6.07) is 0. The lowest BCUT2D eigenvalue weighted by atomic mass is 9.96. The Hall–Kier alpha value is -0.890. The van der Waals surface area contributed by atoms with Crippen LogP contribution in [0.15, 0.2) is 24.8 Å². The standard InChI is InChI=1S/C11H17NO/c1-3-4-6-10(12)9(2)11-7-5-8-13-11/h3-4,6,9,11-12H,1,5,7-8H2,2H3/b6-4-,12-10?. The third-order valence-electron chi connectivity index (χ3n) is 2.43. The highest BCUT2D eigenvalue weighted by molar-refractivity contribution is 5.94. The van der Waals surface area contributed by atoms with Crippen molar-refractivity contribution in [2.24, 2.45) is 5.92 Å². The molecule has 13 heavy (non-hydrogen) atoms. The van der Waals surface area contributed by atoms with Crippen molar-refractivity contribution in [1.82, 2.24) is 0 Å². The summed E-state index contributed by atoms with van der Waals surface area (Å²) in [6.45, 7) is 6.48. The first-order chi connectivity index (χ1) is 6.25. The van der Waals surface area contributed by atoms with Crippen LogP contribution in [0.2, 0.25) is 0 Å². The van der Waals surface area contributed by atoms with Crippen molar-refractivity contribution in [3.63, 3.8) is 0 Å². The second kappa shape index (κ2) is 4.97. The highest BCUT2D eigenvalue weighted by Gasteiger charge is 2.24. The molecule has 1 N–H and O–H groups in total. The Kier molecular flexibility index (Phi) is 3.90. The van der Waals surface area contributed by atoms with Crippen LogP contribution in [-0.4, -0.2) is 18.4 Å². The van der Waals surface area contributed by atoms with E-state index in [0.29, 0.717) is 5.71 Å². The van der Waals surface area contributed by atoms with Crippen LogP contribution in [0.1, 0.15) is 19.8 Å². The van der Waals surface area contributed by atoms with Gasteiger partial charge in [0.1, 0.15) is 0 Å². The maximum absolute atomic E-state index is 7.75. The average molecular weight is 179 g/mol. The van der Waals surface area contributed by atoms with Crippen LogP contribution < -0.4 is 0 Å². The Bertz CT molecular complexity index is 214. The zero-order valence-electron chi connectivity index (χ0n) is 8.12. The lowest BCUT2D eigenvalue weighted by molar-refractivity contribution is 0.0901. The predicted octanol–water partition coefficient (Wildman–Crippen LogP) is 2.56. The van der Waals surface area contributed by atoms with Crippen molar-refractivity contribution in [3.05, 3.63) is 24.8 Å². The Morgan fingerprint density at radius 1 is 1.69 bits per heavy atom. The van der Waals surface area contributed by atoms with Crippen molar-refractivity contribution in [2.75, 3.05) is 6.61 Å². The highest BCUT2D eigenvalue weighted by atomic mass is 16.5. The lowest BCUT2D eigenvalue weighted by Gasteiger charge is -2.17. The van der Waals surface area contributed by atoms with Crippen LogP contribution in [0, 0.1) is 11.3 Å². The molecule has 1 rings (SSSR count). The largest absolute Gasteiger partial charge is 0.378 e. The van der Waals surface area contributed by atoms with Gasteiger partial charge in [0.25, 0.3) is 0 Å². The van der Waals surface area contributed by atoms with Crippen molar-refractivity contribution in [2.45, 2.75) is 25.9 Å². The highest BCUT2D eigenvalue weighted by Crippen LogP contribution is 2.21. The molecule has 2 nitrogen and oxygen atoms in total. The zero-order valence-corrected chi connectivity index (χ0v) is 8.12. The van der Waals surface area contributed by atoms with Gasteiger partial charge in [0.15, 0.2) is 0 Å². The molecule has 1 aliphatic heterocycles. The van der Waals surface area contributed by atoms with Gasteiger partial charge in [-0.05, 0) is 18.9 Å². The first-order valence-electron chi connectivity index (χ1n) is 4.75. The van der Waals surface area contributed by atoms with Gasteiger partial charge >= 0.3 is 0 Å². The summed E-state index contributed by atoms with van der Waals surface area (Å²) in [5.74, 6) is 0.207. The summed E-state index contributed by atoms with van der Waals surface area (Å²) in [5.41, 5.74) is 0.631. The molecule has 0 saturated carbocycles. The Labute approximate surface area is 79.8 Å². The first kappa shape index (κ1) is 10.2. The van der Waals surface area contributed by atoms with E-state index >= 15 is 0 Å². The van der Waals surface area contributed by atoms with E-state index in [0.717, 1.165) is 19.4 Å². The molecule has 0 aromatic rings. The molecule has 0 radical (unpaired) electrons. The number of nitrogens with one attached hydrogen (secondary N) is 1. The maximum atomic E-state index is 7.75. The van der Waals surface area contributed by atoms with Gasteiger partial charge in [0, 0.05) is 18.2 Å². The van der Waals surface area contributed by atoms with Crippen molar-refractivity contribution in [3.8, 4) is 0 Å². The van der Waals surface area contributed by atoms with Crippen LogP contribution in [0.5, 0.6) is 0 Å². The zero-order chi connectivity index (χ0) is 9.68. The fourth-order valence-corrected chi connectivity index (χ4v) is 1.52. The molecular weight excluding hydrogens is 162 g/mol. The minimum Gasteiger partial charge on any atom is -0.378 e. The Morgan fingerprint density at radius 3 is 3.00 bits per heavy atom. The third-order valence-corrected chi connectivity index (χ3v) is 2.43. The summed E-state index contributed by atoms with van der Waals surface area (Å²) in [6.07, 6.45) is 7.75. The van der Waals surface area contributed by atoms with Gasteiger partial charge in [-0.15, -0.1) is 0 Å². The topological polar surface area (TPSA) is 33.1 Å². The normalized spacial score (nSPS) is 24.8. The van der Waals surface area contributed by atoms with Gasteiger partial charge in [0.05, 0.1) is 6.10 Å². The van der Waals surface area contributed by atoms with E-state index in [1.807, 2.05) is 6.92 Å². The molecule has 1 fully saturated rings. The number of rotatable bonds is 4. The maximum Gasteiger partial charge on any atom is 0.0656 e. The third kappa shape index (κ3) is 2.81. The summed E-state index contributed by atoms with van der Waals surface area (Å²) in [5, 5.41) is 7.75. The summed E-state index contributed by atoms with van der Waals surface area (Å²) in [7, 11) is 0. The van der Waals surface area contributed by atoms with Crippen molar-refractivity contribution >= 4 is 5.71 Å². The van der Waals surface area contributed by atoms with Gasteiger partial charge in [-0.3, -0.25) is 0 Å². The molecule has 0 aromatic heterocycles. The van der Waals surface area contributed by atoms with Gasteiger partial charge in [0.2, 0.25) is 0 Å². The second-order valence-electron chi connectivity index (χ2n) is 3.39. The number of allylic oxidation sites excluding steroid dienone is 3. The molecule has 1 saturated heterocycles. The number of ether oxygens (including phenoxy) is 1. The van der Waals surface area contributed by atoms with Gasteiger partial charge in [-0.25, -0.2) is 0 Å². The van der Waals surface area contributed by atoms with E-state index in [1.165, 1.54) is 0 Å². The second-order valence-corrected chi connectivity index (χ2v) is 3.39. The minimum atomic E-state index is 0.207. The lowest BCUT2D eigenvalue weighted by Crippen LogP contribution is -2.23. The Balaban J connectivity index is 2.45. The van der Waals surface area contributed by atoms with E-state index in [4.69, 9.17) is 10.1 Å². The predicted molar refractivity (Wildman–Crippen MR) is 55.2 cm³/mol. The van der Waals surface area contributed by atoms with E-state index in [2.05, 4.69) is 6.58 Å². The van der Waals surface area contributed by atoms with Crippen LogP contribution >= 0.6 is 0 Å². The van der Waals surface area contributed by atoms with Gasteiger partial charge in [-0.2, -0.15) is 0 Å². The van der Waals surface area contributed by atoms with Crippen LogP contribution in [0.3, 0.4) is 0 Å². The molecule has 0 spiro atoms. The molecule has 2 heteroatoms. The fraction of sp³-hybridized carbons (Fsp3) is 0.545. The molecule has 2 atom stereocenters. The van der Waals surface area contributed by atoms with Crippen LogP contribution in [-0.2, 0) is 4.74 Å². The monoisotopic (exact) mass is 179 g/mol. The molecule has 0 amide bonds. The first-order valence-corrected chi connectivity index (χ1v) is 4.75. The van der Waals surface area contributed by atoms with Crippen molar-refractivity contribution < 1.29 is 4.74 Å². The van der Waals surface area contributed by atoms with Crippen LogP contribution in [0.25, 0.3) is 0 Å². The molecule has 0 aromatic carbocycles. The molecule has 72 valence electrons. The van der Waals surface area contributed by atoms with Gasteiger partial charge in [-0.1, -0.05) is 25.7 Å². The molecule has 1 aliphatic rings. The molecule has 2 unspecified atom stereocenters. The van der Waals surface area contributed by atoms with Crippen LogP contribution in [0.4, 0.5) is 0 Å². The summed E-state index contributed by atoms with van der Waals surface area (Å²) in [4.78, 5) is 0. The van der Waals surface area contributed by atoms with E-state index in [9.17, 15) is 0 Å². The molecular formula is C11H17NO. The SMILES string of the molecule is C=C/C=C\C(=N)C(C)C1CCCO1. The quantitative estimate of drug-likeness (QED) is 0.522. The van der Waals surface area contributed by atoms with E-state index in [-0.39, 0.29) is 12.0 Å². The summed E-state index contributed by atoms with van der Waals surface area (Å²) < 4.78 is 5.52. The molecule has 1 heterocycles. The molecule has 0 bridgehead atoms. The van der Waals surface area contributed by atoms with E-state index < -0.39 is 0 Å². The smallest absolute Gasteiger partial charge is 0.0656 e. The minimum absolute atomic E-state index is 0.207. The average Bonchev–Trinajstić information content (AvgIpc) is 2.65. The van der Waals surface area contributed by atoms with Gasteiger partial charge < -0.3 is 10.1 Å². The van der Waals surface area contributed by atoms with E-state index in [1.54, 1.807) is 18.2 Å². The fourth-order valence-electron chi connectivity index (χ4n) is 1.52. The molecule has 0 aliphatic carbocycles. The number of hydrogen-bond acceptors (Lipinski definition) is 2. The summed E-state index contributed by atoms with van der Waals surface area (Å²) >= 11 is 0. The Morgan fingerprint density at radius 2 is 2.46 bits per heavy atom.